The molecule has 1 saturated heterocycles. The van der Waals surface area contributed by atoms with Gasteiger partial charge in [0.25, 0.3) is 0 Å². The first kappa shape index (κ1) is 22.9. The number of benzene rings is 1. The van der Waals surface area contributed by atoms with Gasteiger partial charge in [-0.1, -0.05) is 30.0 Å². The normalized spacial score (nSPS) is 14.2. The van der Waals surface area contributed by atoms with E-state index >= 15 is 0 Å². The van der Waals surface area contributed by atoms with Gasteiger partial charge in [-0.3, -0.25) is 4.90 Å². The maximum absolute atomic E-state index is 10.6. The number of para-hydroxylation sites is 1. The van der Waals surface area contributed by atoms with Crippen LogP contribution in [0.3, 0.4) is 0 Å². The second kappa shape index (κ2) is 10.5. The standard InChI is InChI=1S/C19H20N6.C2HF3O2/c1-2-6-18(7-3-1)25-16-17(15-22-25)5-4-10-23-11-13-24(14-12-23)19-20-8-9-21-19;3-2(4,5)1(6)7/h1-3,6-9,15-16H,10-14H2,(H,20,21);(H,6,7). The zero-order valence-corrected chi connectivity index (χ0v) is 17.0. The van der Waals surface area contributed by atoms with Gasteiger partial charge in [0.1, 0.15) is 0 Å². The molecule has 0 saturated carbocycles. The minimum atomic E-state index is -5.08. The van der Waals surface area contributed by atoms with Gasteiger partial charge in [0.15, 0.2) is 0 Å². The number of nitrogens with zero attached hydrogens (tertiary/aromatic N) is 5. The van der Waals surface area contributed by atoms with E-state index in [0.29, 0.717) is 0 Å². The van der Waals surface area contributed by atoms with Crippen LogP contribution in [0.15, 0.2) is 55.1 Å². The number of rotatable bonds is 3. The third-order valence-corrected chi connectivity index (χ3v) is 4.54. The molecule has 2 aromatic heterocycles. The van der Waals surface area contributed by atoms with Gasteiger partial charge in [-0.2, -0.15) is 18.3 Å². The first-order valence-electron chi connectivity index (χ1n) is 9.68. The highest BCUT2D eigenvalue weighted by Crippen LogP contribution is 2.13. The van der Waals surface area contributed by atoms with E-state index in [4.69, 9.17) is 9.90 Å². The fourth-order valence-corrected chi connectivity index (χ4v) is 2.91. The molecular formula is C21H21F3N6O2. The van der Waals surface area contributed by atoms with Crippen molar-refractivity contribution in [1.82, 2.24) is 24.6 Å². The van der Waals surface area contributed by atoms with Gasteiger partial charge in [0.2, 0.25) is 5.95 Å². The summed E-state index contributed by atoms with van der Waals surface area (Å²) in [5.74, 6) is 4.68. The summed E-state index contributed by atoms with van der Waals surface area (Å²) in [6.07, 6.45) is 2.36. The zero-order valence-electron chi connectivity index (χ0n) is 17.0. The summed E-state index contributed by atoms with van der Waals surface area (Å²) >= 11 is 0. The number of imidazole rings is 1. The van der Waals surface area contributed by atoms with E-state index < -0.39 is 12.1 Å². The van der Waals surface area contributed by atoms with Crippen LogP contribution in [-0.2, 0) is 4.79 Å². The number of nitrogens with one attached hydrogen (secondary N) is 1. The number of anilines is 1. The number of aliphatic carboxylic acids is 1. The highest BCUT2D eigenvalue weighted by Gasteiger charge is 2.38. The van der Waals surface area contributed by atoms with Crippen molar-refractivity contribution in [2.75, 3.05) is 37.6 Å². The number of piperazine rings is 1. The maximum Gasteiger partial charge on any atom is 0.490 e. The molecule has 0 atom stereocenters. The SMILES string of the molecule is C(#Cc1cnn(-c2ccccc2)c1)CN1CCN(c2ncc[nH]2)CC1.O=C(O)C(F)(F)F. The summed E-state index contributed by atoms with van der Waals surface area (Å²) < 4.78 is 33.6. The van der Waals surface area contributed by atoms with Gasteiger partial charge in [0, 0.05) is 44.8 Å². The lowest BCUT2D eigenvalue weighted by Crippen LogP contribution is -2.46. The molecule has 1 aromatic carbocycles. The summed E-state index contributed by atoms with van der Waals surface area (Å²) in [6.45, 7) is 4.72. The summed E-state index contributed by atoms with van der Waals surface area (Å²) in [7, 11) is 0. The molecule has 3 aromatic rings. The molecule has 0 aliphatic carbocycles. The topological polar surface area (TPSA) is 90.3 Å². The quantitative estimate of drug-likeness (QED) is 0.601. The van der Waals surface area contributed by atoms with Gasteiger partial charge < -0.3 is 15.0 Å². The first-order chi connectivity index (χ1) is 15.3. The van der Waals surface area contributed by atoms with Crippen molar-refractivity contribution in [2.24, 2.45) is 0 Å². The second-order valence-corrected chi connectivity index (χ2v) is 6.79. The Morgan fingerprint density at radius 3 is 2.44 bits per heavy atom. The number of carboxylic acids is 1. The predicted molar refractivity (Wildman–Crippen MR) is 111 cm³/mol. The fraction of sp³-hybridized carbons (Fsp3) is 0.286. The Labute approximate surface area is 182 Å². The molecule has 0 unspecified atom stereocenters. The molecule has 0 bridgehead atoms. The Hall–Kier alpha value is -3.78. The molecule has 0 radical (unpaired) electrons. The van der Waals surface area contributed by atoms with Crippen molar-refractivity contribution in [2.45, 2.75) is 6.18 Å². The smallest absolute Gasteiger partial charge is 0.475 e. The Morgan fingerprint density at radius 2 is 1.84 bits per heavy atom. The number of H-pyrrole nitrogens is 1. The summed E-state index contributed by atoms with van der Waals surface area (Å²) in [4.78, 5) is 21.0. The molecule has 0 spiro atoms. The van der Waals surface area contributed by atoms with Crippen molar-refractivity contribution >= 4 is 11.9 Å². The monoisotopic (exact) mass is 446 g/mol. The fourth-order valence-electron chi connectivity index (χ4n) is 2.91. The van der Waals surface area contributed by atoms with E-state index in [1.54, 1.807) is 6.20 Å². The average Bonchev–Trinajstić information content (AvgIpc) is 3.47. The maximum atomic E-state index is 10.6. The number of aromatic amines is 1. The zero-order chi connectivity index (χ0) is 23.0. The third-order valence-electron chi connectivity index (χ3n) is 4.54. The molecule has 32 heavy (non-hydrogen) atoms. The number of hydrogen-bond donors (Lipinski definition) is 2. The number of alkyl halides is 3. The first-order valence-corrected chi connectivity index (χ1v) is 9.68. The van der Waals surface area contributed by atoms with Gasteiger partial charge in [-0.05, 0) is 12.1 Å². The Balaban J connectivity index is 0.000000360. The molecule has 1 aliphatic rings. The highest BCUT2D eigenvalue weighted by molar-refractivity contribution is 5.73. The van der Waals surface area contributed by atoms with Crippen LogP contribution < -0.4 is 4.90 Å². The minimum absolute atomic E-state index is 0.780. The van der Waals surface area contributed by atoms with Gasteiger partial charge >= 0.3 is 12.1 Å². The van der Waals surface area contributed by atoms with Crippen molar-refractivity contribution in [3.8, 4) is 17.5 Å². The summed E-state index contributed by atoms with van der Waals surface area (Å²) in [5, 5.41) is 11.5. The van der Waals surface area contributed by atoms with Crippen LogP contribution in [0.2, 0.25) is 0 Å². The van der Waals surface area contributed by atoms with E-state index in [1.165, 1.54) is 0 Å². The molecule has 168 valence electrons. The largest absolute Gasteiger partial charge is 0.490 e. The van der Waals surface area contributed by atoms with Gasteiger partial charge in [0.05, 0.1) is 24.0 Å². The van der Waals surface area contributed by atoms with Crippen LogP contribution in [0.1, 0.15) is 5.56 Å². The van der Waals surface area contributed by atoms with Gasteiger partial charge in [-0.15, -0.1) is 0 Å². The van der Waals surface area contributed by atoms with E-state index in [0.717, 1.165) is 49.9 Å². The molecule has 0 amide bonds. The number of carboxylic acid groups (broad SMARTS) is 1. The lowest BCUT2D eigenvalue weighted by molar-refractivity contribution is -0.192. The summed E-state index contributed by atoms with van der Waals surface area (Å²) in [6, 6.07) is 10.1. The molecule has 1 aliphatic heterocycles. The molecule has 1 fully saturated rings. The Morgan fingerprint density at radius 1 is 1.16 bits per heavy atom. The Bertz CT molecular complexity index is 1050. The predicted octanol–water partition coefficient (Wildman–Crippen LogP) is 2.40. The van der Waals surface area contributed by atoms with E-state index in [2.05, 4.69) is 36.7 Å². The van der Waals surface area contributed by atoms with Crippen LogP contribution in [0.5, 0.6) is 0 Å². The highest BCUT2D eigenvalue weighted by atomic mass is 19.4. The van der Waals surface area contributed by atoms with E-state index in [1.807, 2.05) is 53.6 Å². The van der Waals surface area contributed by atoms with Crippen molar-refractivity contribution < 1.29 is 23.1 Å². The molecule has 2 N–H and O–H groups in total. The Kier molecular flexibility index (Phi) is 7.51. The number of carbonyl (C=O) groups is 1. The van der Waals surface area contributed by atoms with Crippen molar-refractivity contribution in [3.63, 3.8) is 0 Å². The molecule has 11 heteroatoms. The lowest BCUT2D eigenvalue weighted by Gasteiger charge is -2.33. The van der Waals surface area contributed by atoms with Crippen LogP contribution in [0.4, 0.5) is 19.1 Å². The number of aromatic nitrogens is 4. The van der Waals surface area contributed by atoms with Crippen molar-refractivity contribution in [3.05, 3.63) is 60.7 Å². The second-order valence-electron chi connectivity index (χ2n) is 6.79. The number of halogens is 3. The van der Waals surface area contributed by atoms with Crippen LogP contribution >= 0.6 is 0 Å². The van der Waals surface area contributed by atoms with Crippen molar-refractivity contribution in [1.29, 1.82) is 0 Å². The molecular weight excluding hydrogens is 425 g/mol. The van der Waals surface area contributed by atoms with E-state index in [-0.39, 0.29) is 0 Å². The van der Waals surface area contributed by atoms with Crippen LogP contribution in [0, 0.1) is 11.8 Å². The van der Waals surface area contributed by atoms with Crippen LogP contribution in [0.25, 0.3) is 5.69 Å². The van der Waals surface area contributed by atoms with E-state index in [9.17, 15) is 13.2 Å². The summed E-state index contributed by atoms with van der Waals surface area (Å²) in [5.41, 5.74) is 1.99. The molecule has 4 rings (SSSR count). The average molecular weight is 446 g/mol. The lowest BCUT2D eigenvalue weighted by atomic mass is 10.3. The molecule has 3 heterocycles. The van der Waals surface area contributed by atoms with Crippen LogP contribution in [-0.4, -0.2) is 74.6 Å². The molecule has 8 nitrogen and oxygen atoms in total. The van der Waals surface area contributed by atoms with Gasteiger partial charge in [-0.25, -0.2) is 14.5 Å². The number of hydrogen-bond acceptors (Lipinski definition) is 5. The third kappa shape index (κ3) is 6.61. The minimum Gasteiger partial charge on any atom is -0.475 e.